The van der Waals surface area contributed by atoms with Crippen LogP contribution in [0.5, 0.6) is 11.5 Å². The Morgan fingerprint density at radius 2 is 1.65 bits per heavy atom. The molecule has 0 aliphatic carbocycles. The van der Waals surface area contributed by atoms with Gasteiger partial charge in [0.1, 0.15) is 11.5 Å². The number of carbonyl (C=O) groups is 1. The molecule has 0 fully saturated rings. The predicted molar refractivity (Wildman–Crippen MR) is 137 cm³/mol. The van der Waals surface area contributed by atoms with Gasteiger partial charge in [-0.05, 0) is 68.8 Å². The van der Waals surface area contributed by atoms with Crippen molar-refractivity contribution in [2.45, 2.75) is 33.9 Å². The molecule has 1 N–H and O–H groups in total. The zero-order valence-electron chi connectivity index (χ0n) is 20.3. The first-order valence-electron chi connectivity index (χ1n) is 11.8. The van der Waals surface area contributed by atoms with Gasteiger partial charge in [0.2, 0.25) is 5.78 Å². The number of ketones is 1. The molecule has 0 aromatic heterocycles. The van der Waals surface area contributed by atoms with Gasteiger partial charge in [-0.15, -0.1) is 0 Å². The van der Waals surface area contributed by atoms with E-state index in [2.05, 4.69) is 47.9 Å². The number of allylic oxidation sites excluding steroid dienone is 1. The van der Waals surface area contributed by atoms with E-state index in [1.165, 1.54) is 5.56 Å². The SMILES string of the molecule is CCN(CC)c1ccc(/C=C2\Oc3c(CN(C)Cc4ccccc4)c(O)cc(C)c3C2=O)cc1. The van der Waals surface area contributed by atoms with E-state index in [0.717, 1.165) is 30.9 Å². The largest absolute Gasteiger partial charge is 0.507 e. The fourth-order valence-corrected chi connectivity index (χ4v) is 4.48. The van der Waals surface area contributed by atoms with E-state index in [1.54, 1.807) is 12.1 Å². The molecule has 0 spiro atoms. The third kappa shape index (κ3) is 4.85. The van der Waals surface area contributed by atoms with Crippen LogP contribution >= 0.6 is 0 Å². The van der Waals surface area contributed by atoms with Crippen molar-refractivity contribution in [2.75, 3.05) is 25.0 Å². The number of hydrogen-bond acceptors (Lipinski definition) is 5. The lowest BCUT2D eigenvalue weighted by Gasteiger charge is -2.20. The molecule has 3 aromatic carbocycles. The molecular weight excluding hydrogens is 424 g/mol. The fraction of sp³-hybridized carbons (Fsp3) is 0.276. The summed E-state index contributed by atoms with van der Waals surface area (Å²) < 4.78 is 6.10. The second kappa shape index (κ2) is 10.1. The van der Waals surface area contributed by atoms with E-state index >= 15 is 0 Å². The Balaban J connectivity index is 1.59. The van der Waals surface area contributed by atoms with Gasteiger partial charge in [0, 0.05) is 31.9 Å². The Morgan fingerprint density at radius 1 is 0.971 bits per heavy atom. The van der Waals surface area contributed by atoms with Crippen LogP contribution in [-0.2, 0) is 13.1 Å². The lowest BCUT2D eigenvalue weighted by atomic mass is 9.99. The van der Waals surface area contributed by atoms with Gasteiger partial charge in [-0.25, -0.2) is 0 Å². The minimum absolute atomic E-state index is 0.146. The number of rotatable bonds is 8. The van der Waals surface area contributed by atoms with Crippen LogP contribution in [0.15, 0.2) is 66.4 Å². The molecule has 176 valence electrons. The highest BCUT2D eigenvalue weighted by Crippen LogP contribution is 2.42. The monoisotopic (exact) mass is 456 g/mol. The minimum Gasteiger partial charge on any atom is -0.507 e. The average molecular weight is 457 g/mol. The van der Waals surface area contributed by atoms with Crippen LogP contribution in [0.25, 0.3) is 6.08 Å². The van der Waals surface area contributed by atoms with Crippen LogP contribution in [0.3, 0.4) is 0 Å². The summed E-state index contributed by atoms with van der Waals surface area (Å²) in [5.74, 6) is 0.751. The van der Waals surface area contributed by atoms with Crippen molar-refractivity contribution in [3.8, 4) is 11.5 Å². The van der Waals surface area contributed by atoms with Gasteiger partial charge in [0.25, 0.3) is 0 Å². The number of Topliss-reactive ketones (excluding diaryl/α,β-unsaturated/α-hetero) is 1. The fourth-order valence-electron chi connectivity index (χ4n) is 4.48. The highest BCUT2D eigenvalue weighted by molar-refractivity contribution is 6.15. The molecule has 0 unspecified atom stereocenters. The summed E-state index contributed by atoms with van der Waals surface area (Å²) in [6.07, 6.45) is 1.78. The Bertz CT molecular complexity index is 1200. The second-order valence-electron chi connectivity index (χ2n) is 8.76. The molecule has 1 aliphatic heterocycles. The maximum atomic E-state index is 13.2. The zero-order valence-corrected chi connectivity index (χ0v) is 20.3. The smallest absolute Gasteiger partial charge is 0.232 e. The van der Waals surface area contributed by atoms with Gasteiger partial charge in [0.15, 0.2) is 5.76 Å². The molecular formula is C29H32N2O3. The van der Waals surface area contributed by atoms with Crippen molar-refractivity contribution in [3.05, 3.63) is 94.2 Å². The number of phenols is 1. The highest BCUT2D eigenvalue weighted by atomic mass is 16.5. The summed E-state index contributed by atoms with van der Waals surface area (Å²) >= 11 is 0. The first kappa shape index (κ1) is 23.6. The van der Waals surface area contributed by atoms with E-state index in [4.69, 9.17) is 4.74 Å². The molecule has 0 bridgehead atoms. The summed E-state index contributed by atoms with van der Waals surface area (Å²) in [5.41, 5.74) is 5.11. The van der Waals surface area contributed by atoms with Crippen LogP contribution in [0.2, 0.25) is 0 Å². The van der Waals surface area contributed by atoms with Crippen molar-refractivity contribution in [1.82, 2.24) is 4.90 Å². The molecule has 4 rings (SSSR count). The summed E-state index contributed by atoms with van der Waals surface area (Å²) in [6, 6.07) is 19.9. The number of ether oxygens (including phenoxy) is 1. The van der Waals surface area contributed by atoms with Crippen LogP contribution in [-0.4, -0.2) is 35.9 Å². The molecule has 0 atom stereocenters. The third-order valence-electron chi connectivity index (χ3n) is 6.26. The molecule has 1 aliphatic rings. The molecule has 0 radical (unpaired) electrons. The summed E-state index contributed by atoms with van der Waals surface area (Å²) in [7, 11) is 1.99. The number of benzene rings is 3. The summed E-state index contributed by atoms with van der Waals surface area (Å²) in [5, 5.41) is 10.7. The van der Waals surface area contributed by atoms with Gasteiger partial charge in [-0.3, -0.25) is 9.69 Å². The van der Waals surface area contributed by atoms with Crippen molar-refractivity contribution in [1.29, 1.82) is 0 Å². The molecule has 0 saturated carbocycles. The molecule has 1 heterocycles. The minimum atomic E-state index is -0.146. The lowest BCUT2D eigenvalue weighted by Crippen LogP contribution is -2.21. The Hall–Kier alpha value is -3.57. The Morgan fingerprint density at radius 3 is 2.29 bits per heavy atom. The number of aromatic hydroxyl groups is 1. The van der Waals surface area contributed by atoms with Crippen molar-refractivity contribution in [3.63, 3.8) is 0 Å². The van der Waals surface area contributed by atoms with Crippen molar-refractivity contribution < 1.29 is 14.6 Å². The third-order valence-corrected chi connectivity index (χ3v) is 6.26. The molecule has 0 saturated heterocycles. The number of fused-ring (bicyclic) bond motifs is 1. The zero-order chi connectivity index (χ0) is 24.2. The van der Waals surface area contributed by atoms with Crippen molar-refractivity contribution >= 4 is 17.5 Å². The van der Waals surface area contributed by atoms with Crippen LogP contribution < -0.4 is 9.64 Å². The normalized spacial score (nSPS) is 13.9. The van der Waals surface area contributed by atoms with Gasteiger partial charge in [-0.2, -0.15) is 0 Å². The predicted octanol–water partition coefficient (Wildman–Crippen LogP) is 5.80. The first-order chi connectivity index (χ1) is 16.4. The molecule has 5 nitrogen and oxygen atoms in total. The second-order valence-corrected chi connectivity index (χ2v) is 8.76. The summed E-state index contributed by atoms with van der Waals surface area (Å²) in [6.45, 7) is 9.17. The van der Waals surface area contributed by atoms with Gasteiger partial charge in [-0.1, -0.05) is 42.5 Å². The number of hydrogen-bond donors (Lipinski definition) is 1. The van der Waals surface area contributed by atoms with Crippen molar-refractivity contribution in [2.24, 2.45) is 0 Å². The summed E-state index contributed by atoms with van der Waals surface area (Å²) in [4.78, 5) is 17.6. The Labute approximate surface area is 201 Å². The quantitative estimate of drug-likeness (QED) is 0.435. The van der Waals surface area contributed by atoms with E-state index in [9.17, 15) is 9.90 Å². The molecule has 5 heteroatoms. The highest BCUT2D eigenvalue weighted by Gasteiger charge is 2.33. The standard InChI is InChI=1S/C29H32N2O3/c1-5-31(6-2)23-14-12-21(13-15-23)17-26-28(33)27-20(3)16-25(32)24(29(27)34-26)19-30(4)18-22-10-8-7-9-11-22/h7-17,32H,5-6,18-19H2,1-4H3/b26-17-. The van der Waals surface area contributed by atoms with E-state index in [-0.39, 0.29) is 17.3 Å². The van der Waals surface area contributed by atoms with Crippen LogP contribution in [0.1, 0.15) is 46.5 Å². The molecule has 34 heavy (non-hydrogen) atoms. The topological polar surface area (TPSA) is 53.0 Å². The number of phenolic OH excluding ortho intramolecular Hbond substituents is 1. The van der Waals surface area contributed by atoms with E-state index < -0.39 is 0 Å². The van der Waals surface area contributed by atoms with Crippen LogP contribution in [0, 0.1) is 6.92 Å². The van der Waals surface area contributed by atoms with Gasteiger partial charge < -0.3 is 14.7 Å². The number of nitrogens with zero attached hydrogens (tertiary/aromatic N) is 2. The number of aryl methyl sites for hydroxylation is 1. The molecule has 0 amide bonds. The van der Waals surface area contributed by atoms with Crippen LogP contribution in [0.4, 0.5) is 5.69 Å². The van der Waals surface area contributed by atoms with E-state index in [1.807, 2.05) is 44.3 Å². The van der Waals surface area contributed by atoms with E-state index in [0.29, 0.717) is 29.0 Å². The van der Waals surface area contributed by atoms with Gasteiger partial charge >= 0.3 is 0 Å². The maximum Gasteiger partial charge on any atom is 0.232 e. The Kier molecular flexibility index (Phi) is 7.03. The number of carbonyl (C=O) groups excluding carboxylic acids is 1. The molecule has 3 aromatic rings. The first-order valence-corrected chi connectivity index (χ1v) is 11.8. The van der Waals surface area contributed by atoms with Gasteiger partial charge in [0.05, 0.1) is 11.1 Å². The maximum absolute atomic E-state index is 13.2. The lowest BCUT2D eigenvalue weighted by molar-refractivity contribution is 0.101. The number of anilines is 1. The average Bonchev–Trinajstić information content (AvgIpc) is 3.15.